The van der Waals surface area contributed by atoms with Gasteiger partial charge < -0.3 is 19.8 Å². The third-order valence-corrected chi connectivity index (χ3v) is 3.04. The summed E-state index contributed by atoms with van der Waals surface area (Å²) >= 11 is 0. The number of hydrogen-bond acceptors (Lipinski definition) is 5. The fraction of sp³-hybridized carbons (Fsp3) is 0.533. The van der Waals surface area contributed by atoms with Gasteiger partial charge in [-0.05, 0) is 26.0 Å². The van der Waals surface area contributed by atoms with E-state index in [2.05, 4.69) is 30.8 Å². The van der Waals surface area contributed by atoms with Crippen molar-refractivity contribution in [1.29, 1.82) is 0 Å². The molecule has 9 heteroatoms. The smallest absolute Gasteiger partial charge is 0.216 e. The molecule has 1 atom stereocenters. The molecular formula is C15H25IN6O2. The van der Waals surface area contributed by atoms with Crippen molar-refractivity contribution < 1.29 is 9.15 Å². The summed E-state index contributed by atoms with van der Waals surface area (Å²) in [7, 11) is 1.68. The number of nitrogens with one attached hydrogen (secondary N) is 3. The van der Waals surface area contributed by atoms with E-state index in [-0.39, 0.29) is 30.0 Å². The molecule has 0 aliphatic carbocycles. The van der Waals surface area contributed by atoms with Crippen LogP contribution in [0.15, 0.2) is 27.8 Å². The van der Waals surface area contributed by atoms with E-state index in [9.17, 15) is 0 Å². The lowest BCUT2D eigenvalue weighted by molar-refractivity contribution is 0.179. The van der Waals surface area contributed by atoms with Gasteiger partial charge in [-0.25, -0.2) is 4.98 Å². The Labute approximate surface area is 158 Å². The molecule has 2 rings (SSSR count). The summed E-state index contributed by atoms with van der Waals surface area (Å²) in [6, 6.07) is 3.83. The largest absolute Gasteiger partial charge is 0.461 e. The zero-order valence-electron chi connectivity index (χ0n) is 14.2. The Morgan fingerprint density at radius 3 is 3.00 bits per heavy atom. The normalized spacial score (nSPS) is 12.5. The van der Waals surface area contributed by atoms with Gasteiger partial charge >= 0.3 is 0 Å². The summed E-state index contributed by atoms with van der Waals surface area (Å²) in [5.41, 5.74) is 0. The molecule has 0 spiro atoms. The van der Waals surface area contributed by atoms with Gasteiger partial charge in [0.05, 0.1) is 12.9 Å². The second kappa shape index (κ2) is 11.0. The second-order valence-corrected chi connectivity index (χ2v) is 5.09. The van der Waals surface area contributed by atoms with Crippen molar-refractivity contribution in [3.8, 4) is 11.6 Å². The van der Waals surface area contributed by atoms with Crippen LogP contribution < -0.4 is 10.6 Å². The summed E-state index contributed by atoms with van der Waals surface area (Å²) in [6.07, 6.45) is 2.27. The zero-order valence-corrected chi connectivity index (χ0v) is 16.5. The SMILES string of the molecule is CCNC(=NCCc1nc(-c2ccco2)n[nH]1)NC(C)COC.I. The van der Waals surface area contributed by atoms with Crippen molar-refractivity contribution in [2.75, 3.05) is 26.8 Å². The van der Waals surface area contributed by atoms with E-state index >= 15 is 0 Å². The maximum atomic E-state index is 5.27. The van der Waals surface area contributed by atoms with E-state index in [0.29, 0.717) is 31.2 Å². The number of nitrogens with zero attached hydrogens (tertiary/aromatic N) is 3. The van der Waals surface area contributed by atoms with E-state index in [0.717, 1.165) is 18.3 Å². The molecular weight excluding hydrogens is 423 g/mol. The van der Waals surface area contributed by atoms with Gasteiger partial charge in [0.25, 0.3) is 0 Å². The Bertz CT molecular complexity index is 599. The van der Waals surface area contributed by atoms with Gasteiger partial charge in [0, 0.05) is 32.7 Å². The molecule has 24 heavy (non-hydrogen) atoms. The number of aliphatic imine (C=N–C) groups is 1. The fourth-order valence-electron chi connectivity index (χ4n) is 2.04. The number of aromatic nitrogens is 3. The average Bonchev–Trinajstić information content (AvgIpc) is 3.18. The first kappa shape index (κ1) is 20.4. The number of ether oxygens (including phenoxy) is 1. The van der Waals surface area contributed by atoms with Crippen molar-refractivity contribution in [1.82, 2.24) is 25.8 Å². The molecule has 0 bridgehead atoms. The molecule has 0 aliphatic rings. The molecule has 2 aromatic rings. The van der Waals surface area contributed by atoms with E-state index in [1.807, 2.05) is 26.0 Å². The van der Waals surface area contributed by atoms with E-state index in [4.69, 9.17) is 9.15 Å². The molecule has 0 saturated heterocycles. The number of halogens is 1. The highest BCUT2D eigenvalue weighted by Crippen LogP contribution is 2.14. The first-order chi connectivity index (χ1) is 11.2. The highest BCUT2D eigenvalue weighted by molar-refractivity contribution is 14.0. The molecule has 0 amide bonds. The minimum Gasteiger partial charge on any atom is -0.461 e. The van der Waals surface area contributed by atoms with Gasteiger partial charge in [0.15, 0.2) is 11.7 Å². The van der Waals surface area contributed by atoms with Crippen molar-refractivity contribution in [3.63, 3.8) is 0 Å². The Kier molecular flexibility index (Phi) is 9.38. The lowest BCUT2D eigenvalue weighted by atomic mass is 10.3. The Morgan fingerprint density at radius 1 is 1.50 bits per heavy atom. The molecule has 0 fully saturated rings. The van der Waals surface area contributed by atoms with Crippen LogP contribution in [0, 0.1) is 0 Å². The van der Waals surface area contributed by atoms with Gasteiger partial charge in [-0.2, -0.15) is 5.10 Å². The van der Waals surface area contributed by atoms with Gasteiger partial charge in [-0.15, -0.1) is 24.0 Å². The Balaban J connectivity index is 0.00000288. The molecule has 2 heterocycles. The number of methoxy groups -OCH3 is 1. The van der Waals surface area contributed by atoms with Crippen LogP contribution in [0.5, 0.6) is 0 Å². The summed E-state index contributed by atoms with van der Waals surface area (Å²) in [5, 5.41) is 13.5. The maximum Gasteiger partial charge on any atom is 0.216 e. The summed E-state index contributed by atoms with van der Waals surface area (Å²) < 4.78 is 10.4. The predicted octanol–water partition coefficient (Wildman–Crippen LogP) is 1.82. The summed E-state index contributed by atoms with van der Waals surface area (Å²) in [6.45, 7) is 6.10. The third-order valence-electron chi connectivity index (χ3n) is 3.04. The fourth-order valence-corrected chi connectivity index (χ4v) is 2.04. The average molecular weight is 448 g/mol. The van der Waals surface area contributed by atoms with Crippen molar-refractivity contribution >= 4 is 29.9 Å². The van der Waals surface area contributed by atoms with Crippen molar-refractivity contribution in [3.05, 3.63) is 24.2 Å². The van der Waals surface area contributed by atoms with Crippen LogP contribution in [-0.2, 0) is 11.2 Å². The number of guanidine groups is 1. The van der Waals surface area contributed by atoms with Gasteiger partial charge in [-0.3, -0.25) is 10.1 Å². The van der Waals surface area contributed by atoms with Gasteiger partial charge in [0.1, 0.15) is 5.82 Å². The monoisotopic (exact) mass is 448 g/mol. The molecule has 2 aromatic heterocycles. The standard InChI is InChI=1S/C15H24N6O2.HI/c1-4-16-15(18-11(2)10-22-3)17-8-7-13-19-14(21-20-13)12-6-5-9-23-12;/h5-6,9,11H,4,7-8,10H2,1-3H3,(H2,16,17,18)(H,19,20,21);1H. The van der Waals surface area contributed by atoms with E-state index in [1.54, 1.807) is 13.4 Å². The number of furan rings is 1. The second-order valence-electron chi connectivity index (χ2n) is 5.09. The predicted molar refractivity (Wildman–Crippen MR) is 104 cm³/mol. The van der Waals surface area contributed by atoms with Crippen LogP contribution in [-0.4, -0.2) is 54.0 Å². The molecule has 0 saturated carbocycles. The molecule has 0 aliphatic heterocycles. The van der Waals surface area contributed by atoms with Gasteiger partial charge in [-0.1, -0.05) is 0 Å². The van der Waals surface area contributed by atoms with Crippen LogP contribution in [0.3, 0.4) is 0 Å². The maximum absolute atomic E-state index is 5.27. The quantitative estimate of drug-likeness (QED) is 0.324. The highest BCUT2D eigenvalue weighted by atomic mass is 127. The minimum absolute atomic E-state index is 0. The first-order valence-electron chi connectivity index (χ1n) is 7.71. The molecule has 1 unspecified atom stereocenters. The van der Waals surface area contributed by atoms with E-state index in [1.165, 1.54) is 0 Å². The number of aromatic amines is 1. The summed E-state index contributed by atoms with van der Waals surface area (Å²) in [4.78, 5) is 8.93. The van der Waals surface area contributed by atoms with Crippen LogP contribution in [0.25, 0.3) is 11.6 Å². The lowest BCUT2D eigenvalue weighted by Gasteiger charge is -2.16. The summed E-state index contributed by atoms with van der Waals surface area (Å²) in [5.74, 6) is 2.76. The molecule has 0 aromatic carbocycles. The van der Waals surface area contributed by atoms with Crippen LogP contribution >= 0.6 is 24.0 Å². The number of rotatable bonds is 8. The number of hydrogen-bond donors (Lipinski definition) is 3. The molecule has 0 radical (unpaired) electrons. The van der Waals surface area contributed by atoms with Crippen LogP contribution in [0.2, 0.25) is 0 Å². The zero-order chi connectivity index (χ0) is 16.5. The molecule has 8 nitrogen and oxygen atoms in total. The van der Waals surface area contributed by atoms with E-state index < -0.39 is 0 Å². The lowest BCUT2D eigenvalue weighted by Crippen LogP contribution is -2.44. The molecule has 134 valence electrons. The van der Waals surface area contributed by atoms with Crippen LogP contribution in [0.1, 0.15) is 19.7 Å². The Hall–Kier alpha value is -1.62. The molecule has 3 N–H and O–H groups in total. The van der Waals surface area contributed by atoms with Crippen LogP contribution in [0.4, 0.5) is 0 Å². The first-order valence-corrected chi connectivity index (χ1v) is 7.71. The topological polar surface area (TPSA) is 100 Å². The number of H-pyrrole nitrogens is 1. The van der Waals surface area contributed by atoms with Crippen molar-refractivity contribution in [2.45, 2.75) is 26.3 Å². The van der Waals surface area contributed by atoms with Gasteiger partial charge in [0.2, 0.25) is 5.82 Å². The van der Waals surface area contributed by atoms with Crippen molar-refractivity contribution in [2.24, 2.45) is 4.99 Å². The minimum atomic E-state index is 0. The Morgan fingerprint density at radius 2 is 2.33 bits per heavy atom. The third kappa shape index (κ3) is 6.48. The highest BCUT2D eigenvalue weighted by Gasteiger charge is 2.08.